The number of aliphatic imine (C=N–C) groups is 1. The van der Waals surface area contributed by atoms with Gasteiger partial charge in [0.05, 0.1) is 29.5 Å². The summed E-state index contributed by atoms with van der Waals surface area (Å²) in [6.07, 6.45) is 4.12. The van der Waals surface area contributed by atoms with E-state index in [0.29, 0.717) is 28.6 Å². The van der Waals surface area contributed by atoms with Gasteiger partial charge in [-0.15, -0.1) is 0 Å². The fourth-order valence-electron chi connectivity index (χ4n) is 6.31. The maximum atomic E-state index is 14.8. The molecular formula is C34H37ClFN3O5. The number of likely N-dealkylation sites (N-methyl/N-ethyl adjacent to an activating group) is 1. The largest absolute Gasteiger partial charge is 0.478 e. The summed E-state index contributed by atoms with van der Waals surface area (Å²) in [4.78, 5) is 20.8. The number of benzene rings is 3. The molecular weight excluding hydrogens is 585 g/mol. The number of halogens is 2. The highest BCUT2D eigenvalue weighted by atomic mass is 35.5. The number of carboxylic acids is 1. The van der Waals surface area contributed by atoms with Crippen LogP contribution in [0.5, 0.6) is 11.5 Å². The molecule has 0 amide bonds. The van der Waals surface area contributed by atoms with E-state index in [0.717, 1.165) is 69.0 Å². The van der Waals surface area contributed by atoms with Crippen LogP contribution in [0.2, 0.25) is 5.02 Å². The van der Waals surface area contributed by atoms with Gasteiger partial charge < -0.3 is 24.2 Å². The Labute approximate surface area is 262 Å². The molecule has 0 spiro atoms. The Balaban J connectivity index is 1.15. The lowest BCUT2D eigenvalue weighted by atomic mass is 9.88. The van der Waals surface area contributed by atoms with E-state index in [4.69, 9.17) is 30.8 Å². The van der Waals surface area contributed by atoms with E-state index in [-0.39, 0.29) is 17.6 Å². The summed E-state index contributed by atoms with van der Waals surface area (Å²) in [5.74, 6) is -0.248. The summed E-state index contributed by atoms with van der Waals surface area (Å²) in [6.45, 7) is 5.67. The van der Waals surface area contributed by atoms with Crippen LogP contribution >= 0.6 is 11.6 Å². The standard InChI is InChI=1S/C34H37ClFN3O5/c1-34(28-13-10-24(35)19-29(28)36)43-30-7-3-6-27(32(30)44-34)22-14-16-39(17-15-22)21-31(38(2)20-26-5-4-18-42-26)37-25-11-8-23(9-12-25)33(40)41/h3,6-13,19,22,26H,4-5,14-18,20-21H2,1-2H3,(H,40,41)/b37-31-. The number of hydrogen-bond donors (Lipinski definition) is 1. The molecule has 0 saturated carbocycles. The SMILES string of the molecule is CN(CC1CCCO1)/C(CN1CCC(c2cccc3c2OC(C)(c2ccc(Cl)cc2F)O3)CC1)=N\c1ccc(C(=O)O)cc1. The fourth-order valence-corrected chi connectivity index (χ4v) is 6.47. The van der Waals surface area contributed by atoms with Gasteiger partial charge in [0.2, 0.25) is 0 Å². The van der Waals surface area contributed by atoms with Gasteiger partial charge >= 0.3 is 5.97 Å². The highest BCUT2D eigenvalue weighted by molar-refractivity contribution is 6.30. The molecule has 0 aromatic heterocycles. The molecule has 0 radical (unpaired) electrons. The monoisotopic (exact) mass is 621 g/mol. The average molecular weight is 622 g/mol. The van der Waals surface area contributed by atoms with E-state index in [2.05, 4.69) is 15.9 Å². The summed E-state index contributed by atoms with van der Waals surface area (Å²) >= 11 is 5.98. The number of aromatic carboxylic acids is 1. The minimum atomic E-state index is -1.28. The number of piperidine rings is 1. The molecule has 3 aromatic carbocycles. The summed E-state index contributed by atoms with van der Waals surface area (Å²) in [7, 11) is 2.05. The van der Waals surface area contributed by atoms with Gasteiger partial charge in [-0.25, -0.2) is 14.2 Å². The van der Waals surface area contributed by atoms with E-state index in [1.165, 1.54) is 6.07 Å². The van der Waals surface area contributed by atoms with Crippen molar-refractivity contribution in [1.29, 1.82) is 0 Å². The number of carbonyl (C=O) groups is 1. The van der Waals surface area contributed by atoms with E-state index >= 15 is 0 Å². The molecule has 10 heteroatoms. The zero-order chi connectivity index (χ0) is 30.8. The summed E-state index contributed by atoms with van der Waals surface area (Å²) in [5.41, 5.74) is 2.33. The third-order valence-corrected chi connectivity index (χ3v) is 8.97. The third kappa shape index (κ3) is 6.55. The molecule has 8 nitrogen and oxygen atoms in total. The van der Waals surface area contributed by atoms with Gasteiger partial charge in [-0.05, 0) is 93.2 Å². The number of fused-ring (bicyclic) bond motifs is 1. The first-order chi connectivity index (χ1) is 21.2. The number of carboxylic acid groups (broad SMARTS) is 1. The number of likely N-dealkylation sites (tertiary alicyclic amines) is 1. The van der Waals surface area contributed by atoms with Gasteiger partial charge in [-0.1, -0.05) is 23.7 Å². The van der Waals surface area contributed by atoms with E-state index in [1.54, 1.807) is 43.3 Å². The Morgan fingerprint density at radius 3 is 2.57 bits per heavy atom. The van der Waals surface area contributed by atoms with Crippen molar-refractivity contribution in [3.8, 4) is 11.5 Å². The van der Waals surface area contributed by atoms with E-state index in [1.807, 2.05) is 19.2 Å². The highest BCUT2D eigenvalue weighted by Crippen LogP contribution is 2.49. The maximum Gasteiger partial charge on any atom is 0.335 e. The topological polar surface area (TPSA) is 83.8 Å². The van der Waals surface area contributed by atoms with Crippen molar-refractivity contribution >= 4 is 29.1 Å². The smallest absolute Gasteiger partial charge is 0.335 e. The quantitative estimate of drug-likeness (QED) is 0.218. The molecule has 6 rings (SSSR count). The number of ether oxygens (including phenoxy) is 3. The molecule has 2 unspecified atom stereocenters. The minimum absolute atomic E-state index is 0.180. The summed E-state index contributed by atoms with van der Waals surface area (Å²) in [5, 5.41) is 9.60. The third-order valence-electron chi connectivity index (χ3n) is 8.74. The van der Waals surface area contributed by atoms with Crippen LogP contribution in [0, 0.1) is 5.82 Å². The molecule has 3 heterocycles. The van der Waals surface area contributed by atoms with Crippen LogP contribution in [0.3, 0.4) is 0 Å². The number of nitrogens with zero attached hydrogens (tertiary/aromatic N) is 3. The Morgan fingerprint density at radius 1 is 1.11 bits per heavy atom. The number of rotatable bonds is 8. The Kier molecular flexibility index (Phi) is 8.80. The molecule has 3 aromatic rings. The van der Waals surface area contributed by atoms with Crippen molar-refractivity contribution in [3.63, 3.8) is 0 Å². The highest BCUT2D eigenvalue weighted by Gasteiger charge is 2.43. The maximum absolute atomic E-state index is 14.8. The molecule has 3 aliphatic rings. The normalized spacial score (nSPS) is 22.4. The molecule has 2 atom stereocenters. The molecule has 232 valence electrons. The minimum Gasteiger partial charge on any atom is -0.478 e. The molecule has 0 aliphatic carbocycles. The van der Waals surface area contributed by atoms with Crippen LogP contribution in [0.15, 0.2) is 65.7 Å². The molecule has 3 aliphatic heterocycles. The average Bonchev–Trinajstić information content (AvgIpc) is 3.64. The fraction of sp³-hybridized carbons (Fsp3) is 0.412. The van der Waals surface area contributed by atoms with Crippen molar-refractivity contribution in [2.75, 3.05) is 39.8 Å². The van der Waals surface area contributed by atoms with Crippen molar-refractivity contribution in [2.24, 2.45) is 4.99 Å². The van der Waals surface area contributed by atoms with Crippen LogP contribution in [-0.2, 0) is 10.5 Å². The van der Waals surface area contributed by atoms with Gasteiger partial charge in [-0.2, -0.15) is 0 Å². The van der Waals surface area contributed by atoms with Crippen LogP contribution in [-0.4, -0.2) is 72.6 Å². The number of para-hydroxylation sites is 1. The lowest BCUT2D eigenvalue weighted by Crippen LogP contribution is -2.44. The van der Waals surface area contributed by atoms with Gasteiger partial charge in [-0.3, -0.25) is 4.90 Å². The molecule has 0 bridgehead atoms. The van der Waals surface area contributed by atoms with Gasteiger partial charge in [0, 0.05) is 37.7 Å². The summed E-state index contributed by atoms with van der Waals surface area (Å²) < 4.78 is 33.3. The Bertz CT molecular complexity index is 1540. The van der Waals surface area contributed by atoms with Crippen molar-refractivity contribution in [2.45, 2.75) is 50.4 Å². The number of hydrogen-bond acceptors (Lipinski definition) is 6. The Morgan fingerprint density at radius 2 is 1.89 bits per heavy atom. The number of amidine groups is 1. The zero-order valence-corrected chi connectivity index (χ0v) is 25.7. The van der Waals surface area contributed by atoms with Crippen LogP contribution < -0.4 is 9.47 Å². The van der Waals surface area contributed by atoms with E-state index < -0.39 is 17.6 Å². The first-order valence-corrected chi connectivity index (χ1v) is 15.5. The lowest BCUT2D eigenvalue weighted by Gasteiger charge is -2.35. The van der Waals surface area contributed by atoms with Gasteiger partial charge in [0.25, 0.3) is 5.79 Å². The van der Waals surface area contributed by atoms with Crippen LogP contribution in [0.1, 0.15) is 60.0 Å². The van der Waals surface area contributed by atoms with Crippen molar-refractivity contribution in [3.05, 3.63) is 88.2 Å². The predicted molar refractivity (Wildman–Crippen MR) is 167 cm³/mol. The second-order valence-corrected chi connectivity index (χ2v) is 12.3. The van der Waals surface area contributed by atoms with Crippen LogP contribution in [0.4, 0.5) is 10.1 Å². The predicted octanol–water partition coefficient (Wildman–Crippen LogP) is 6.84. The van der Waals surface area contributed by atoms with E-state index in [9.17, 15) is 14.3 Å². The van der Waals surface area contributed by atoms with Gasteiger partial charge in [0.15, 0.2) is 11.5 Å². The second kappa shape index (κ2) is 12.8. The van der Waals surface area contributed by atoms with Gasteiger partial charge in [0.1, 0.15) is 11.7 Å². The zero-order valence-electron chi connectivity index (χ0n) is 25.0. The molecule has 44 heavy (non-hydrogen) atoms. The van der Waals surface area contributed by atoms with Crippen LogP contribution in [0.25, 0.3) is 0 Å². The summed E-state index contributed by atoms with van der Waals surface area (Å²) in [6, 6.07) is 17.1. The Hall–Kier alpha value is -3.66. The molecule has 1 N–H and O–H groups in total. The van der Waals surface area contributed by atoms with Crippen molar-refractivity contribution in [1.82, 2.24) is 9.80 Å². The second-order valence-electron chi connectivity index (χ2n) is 11.9. The molecule has 2 fully saturated rings. The molecule has 2 saturated heterocycles. The van der Waals surface area contributed by atoms with Crippen molar-refractivity contribution < 1.29 is 28.5 Å². The first kappa shape index (κ1) is 30.4. The lowest BCUT2D eigenvalue weighted by molar-refractivity contribution is -0.0711. The first-order valence-electron chi connectivity index (χ1n) is 15.1.